The van der Waals surface area contributed by atoms with Crippen molar-refractivity contribution in [3.8, 4) is 0 Å². The van der Waals surface area contributed by atoms with E-state index in [9.17, 15) is 4.79 Å². The van der Waals surface area contributed by atoms with Crippen molar-refractivity contribution in [2.45, 2.75) is 24.6 Å². The number of halogens is 3. The van der Waals surface area contributed by atoms with Crippen molar-refractivity contribution in [3.63, 3.8) is 0 Å². The monoisotopic (exact) mass is 349 g/mol. The molecule has 1 aromatic rings. The predicted octanol–water partition coefficient (Wildman–Crippen LogP) is 4.24. The van der Waals surface area contributed by atoms with Gasteiger partial charge in [0.15, 0.2) is 0 Å². The zero-order valence-corrected chi connectivity index (χ0v) is 12.9. The van der Waals surface area contributed by atoms with E-state index in [1.165, 1.54) is 0 Å². The van der Waals surface area contributed by atoms with Crippen LogP contribution in [-0.2, 0) is 0 Å². The van der Waals surface area contributed by atoms with E-state index in [0.717, 1.165) is 23.7 Å². The Labute approximate surface area is 125 Å². The molecule has 2 nitrogen and oxygen atoms in total. The first-order chi connectivity index (χ1) is 8.58. The standard InChI is InChI=1S/C13H14BrCl2NO/c14-11-3-1-2-10(12(11)16)13(18)17-7-8-4-5-9(15)6-8/h1-3,8-9H,4-7H2,(H,17,18). The largest absolute Gasteiger partial charge is 0.352 e. The van der Waals surface area contributed by atoms with Gasteiger partial charge in [0.25, 0.3) is 5.91 Å². The molecule has 1 aliphatic rings. The number of hydrogen-bond donors (Lipinski definition) is 1. The maximum Gasteiger partial charge on any atom is 0.252 e. The lowest BCUT2D eigenvalue weighted by Gasteiger charge is -2.12. The predicted molar refractivity (Wildman–Crippen MR) is 78.5 cm³/mol. The maximum atomic E-state index is 12.0. The Morgan fingerprint density at radius 2 is 2.22 bits per heavy atom. The van der Waals surface area contributed by atoms with Crippen molar-refractivity contribution >= 4 is 45.0 Å². The Bertz CT molecular complexity index is 453. The Kier molecular flexibility index (Phi) is 4.93. The van der Waals surface area contributed by atoms with Crippen molar-refractivity contribution in [1.29, 1.82) is 0 Å². The molecule has 1 N–H and O–H groups in total. The summed E-state index contributed by atoms with van der Waals surface area (Å²) in [7, 11) is 0. The minimum absolute atomic E-state index is 0.126. The van der Waals surface area contributed by atoms with Crippen LogP contribution < -0.4 is 5.32 Å². The lowest BCUT2D eigenvalue weighted by atomic mass is 10.1. The third-order valence-electron chi connectivity index (χ3n) is 3.22. The third kappa shape index (κ3) is 3.40. The number of nitrogens with one attached hydrogen (secondary N) is 1. The molecule has 1 fully saturated rings. The fourth-order valence-corrected chi connectivity index (χ4v) is 3.17. The highest BCUT2D eigenvalue weighted by atomic mass is 79.9. The molecule has 98 valence electrons. The van der Waals surface area contributed by atoms with Crippen LogP contribution in [0.25, 0.3) is 0 Å². The number of carbonyl (C=O) groups is 1. The average Bonchev–Trinajstić information content (AvgIpc) is 2.76. The van der Waals surface area contributed by atoms with Gasteiger partial charge in [0, 0.05) is 16.4 Å². The molecule has 0 radical (unpaired) electrons. The average molecular weight is 351 g/mol. The van der Waals surface area contributed by atoms with Crippen LogP contribution in [-0.4, -0.2) is 17.8 Å². The number of rotatable bonds is 3. The number of benzene rings is 1. The summed E-state index contributed by atoms with van der Waals surface area (Å²) >= 11 is 15.4. The van der Waals surface area contributed by atoms with E-state index in [1.807, 2.05) is 6.07 Å². The molecule has 2 rings (SSSR count). The minimum atomic E-state index is -0.126. The van der Waals surface area contributed by atoms with Crippen molar-refractivity contribution in [2.24, 2.45) is 5.92 Å². The topological polar surface area (TPSA) is 29.1 Å². The molecule has 1 amide bonds. The highest BCUT2D eigenvalue weighted by Crippen LogP contribution is 2.29. The summed E-state index contributed by atoms with van der Waals surface area (Å²) < 4.78 is 0.735. The third-order valence-corrected chi connectivity index (χ3v) is 4.92. The van der Waals surface area contributed by atoms with Gasteiger partial charge in [-0.05, 0) is 53.2 Å². The second-order valence-corrected chi connectivity index (χ2v) is 6.44. The van der Waals surface area contributed by atoms with Gasteiger partial charge < -0.3 is 5.32 Å². The molecule has 0 saturated heterocycles. The summed E-state index contributed by atoms with van der Waals surface area (Å²) in [5, 5.41) is 3.65. The summed E-state index contributed by atoms with van der Waals surface area (Å²) in [4.78, 5) is 12.0. The van der Waals surface area contributed by atoms with E-state index < -0.39 is 0 Å². The van der Waals surface area contributed by atoms with Crippen LogP contribution in [0, 0.1) is 5.92 Å². The molecule has 1 aliphatic carbocycles. The van der Waals surface area contributed by atoms with Crippen LogP contribution >= 0.6 is 39.1 Å². The number of alkyl halides is 1. The molecular formula is C13H14BrCl2NO. The van der Waals surface area contributed by atoms with Gasteiger partial charge >= 0.3 is 0 Å². The van der Waals surface area contributed by atoms with Gasteiger partial charge in [-0.1, -0.05) is 17.7 Å². The van der Waals surface area contributed by atoms with Gasteiger partial charge in [-0.15, -0.1) is 11.6 Å². The Hall–Kier alpha value is -0.250. The van der Waals surface area contributed by atoms with Gasteiger partial charge in [0.05, 0.1) is 10.6 Å². The number of amides is 1. The van der Waals surface area contributed by atoms with Crippen LogP contribution in [0.1, 0.15) is 29.6 Å². The Morgan fingerprint density at radius 1 is 1.44 bits per heavy atom. The van der Waals surface area contributed by atoms with E-state index in [-0.39, 0.29) is 11.3 Å². The van der Waals surface area contributed by atoms with E-state index >= 15 is 0 Å². The quantitative estimate of drug-likeness (QED) is 0.811. The molecule has 0 spiro atoms. The van der Waals surface area contributed by atoms with Crippen LogP contribution in [0.3, 0.4) is 0 Å². The zero-order valence-electron chi connectivity index (χ0n) is 9.76. The highest BCUT2D eigenvalue weighted by Gasteiger charge is 2.23. The van der Waals surface area contributed by atoms with Crippen molar-refractivity contribution in [1.82, 2.24) is 5.32 Å². The smallest absolute Gasteiger partial charge is 0.252 e. The zero-order chi connectivity index (χ0) is 13.1. The normalized spacial score (nSPS) is 23.1. The second-order valence-electron chi connectivity index (χ2n) is 4.59. The van der Waals surface area contributed by atoms with Crippen LogP contribution in [0.4, 0.5) is 0 Å². The van der Waals surface area contributed by atoms with Gasteiger partial charge in [-0.25, -0.2) is 0 Å². The van der Waals surface area contributed by atoms with E-state index in [2.05, 4.69) is 21.2 Å². The summed E-state index contributed by atoms with van der Waals surface area (Å²) in [6.07, 6.45) is 3.11. The lowest BCUT2D eigenvalue weighted by molar-refractivity contribution is 0.0947. The number of carbonyl (C=O) groups excluding carboxylic acids is 1. The van der Waals surface area contributed by atoms with Crippen LogP contribution in [0.15, 0.2) is 22.7 Å². The minimum Gasteiger partial charge on any atom is -0.352 e. The van der Waals surface area contributed by atoms with Gasteiger partial charge in [0.1, 0.15) is 0 Å². The van der Waals surface area contributed by atoms with Crippen molar-refractivity contribution in [3.05, 3.63) is 33.3 Å². The molecular weight excluding hydrogens is 337 g/mol. The van der Waals surface area contributed by atoms with E-state index in [1.54, 1.807) is 12.1 Å². The first-order valence-electron chi connectivity index (χ1n) is 5.94. The van der Waals surface area contributed by atoms with Crippen LogP contribution in [0.2, 0.25) is 5.02 Å². The maximum absolute atomic E-state index is 12.0. The molecule has 2 atom stereocenters. The van der Waals surface area contributed by atoms with Gasteiger partial charge in [-0.2, -0.15) is 0 Å². The first-order valence-corrected chi connectivity index (χ1v) is 7.55. The molecule has 2 unspecified atom stereocenters. The number of hydrogen-bond acceptors (Lipinski definition) is 1. The molecule has 1 aromatic carbocycles. The Morgan fingerprint density at radius 3 is 2.89 bits per heavy atom. The first kappa shape index (κ1) is 14.2. The van der Waals surface area contributed by atoms with Gasteiger partial charge in [-0.3, -0.25) is 4.79 Å². The lowest BCUT2D eigenvalue weighted by Crippen LogP contribution is -2.28. The Balaban J connectivity index is 1.94. The molecule has 0 aliphatic heterocycles. The van der Waals surface area contributed by atoms with Crippen LogP contribution in [0.5, 0.6) is 0 Å². The van der Waals surface area contributed by atoms with Gasteiger partial charge in [0.2, 0.25) is 0 Å². The second kappa shape index (κ2) is 6.27. The van der Waals surface area contributed by atoms with E-state index in [4.69, 9.17) is 23.2 Å². The van der Waals surface area contributed by atoms with Crippen molar-refractivity contribution in [2.75, 3.05) is 6.54 Å². The molecule has 5 heteroatoms. The van der Waals surface area contributed by atoms with E-state index in [0.29, 0.717) is 23.0 Å². The fraction of sp³-hybridized carbons (Fsp3) is 0.462. The summed E-state index contributed by atoms with van der Waals surface area (Å²) in [5.74, 6) is 0.363. The molecule has 18 heavy (non-hydrogen) atoms. The summed E-state index contributed by atoms with van der Waals surface area (Å²) in [5.41, 5.74) is 0.506. The molecule has 0 bridgehead atoms. The fourth-order valence-electron chi connectivity index (χ4n) is 2.21. The summed E-state index contributed by atoms with van der Waals surface area (Å²) in [6, 6.07) is 5.34. The SMILES string of the molecule is O=C(NCC1CCC(Cl)C1)c1cccc(Br)c1Cl. The summed E-state index contributed by atoms with van der Waals surface area (Å²) in [6.45, 7) is 0.672. The molecule has 1 saturated carbocycles. The molecule has 0 aromatic heterocycles. The highest BCUT2D eigenvalue weighted by molar-refractivity contribution is 9.10. The molecule has 0 heterocycles. The van der Waals surface area contributed by atoms with Crippen molar-refractivity contribution < 1.29 is 4.79 Å².